The maximum absolute atomic E-state index is 13.0. The number of carboxylic acid groups (broad SMARTS) is 1. The summed E-state index contributed by atoms with van der Waals surface area (Å²) < 4.78 is 32.0. The maximum Gasteiger partial charge on any atom is 0.339 e. The minimum Gasteiger partial charge on any atom is -0.507 e. The first kappa shape index (κ1) is 33.8. The van der Waals surface area contributed by atoms with Crippen molar-refractivity contribution in [2.75, 3.05) is 16.3 Å². The van der Waals surface area contributed by atoms with Crippen molar-refractivity contribution in [1.82, 2.24) is 0 Å². The Bertz CT molecular complexity index is 2480. The molecule has 0 spiro atoms. The number of rotatable bonds is 9. The van der Waals surface area contributed by atoms with Crippen LogP contribution in [0.4, 0.5) is 17.1 Å². The van der Waals surface area contributed by atoms with Gasteiger partial charge in [-0.05, 0) is 109 Å². The lowest BCUT2D eigenvalue weighted by Crippen LogP contribution is -2.47. The molecule has 16 heteroatoms. The molecule has 0 aromatic heterocycles. The van der Waals surface area contributed by atoms with E-state index in [0.29, 0.717) is 11.4 Å². The third-order valence-electron chi connectivity index (χ3n) is 7.21. The Morgan fingerprint density at radius 3 is 2.10 bits per heavy atom. The van der Waals surface area contributed by atoms with Gasteiger partial charge >= 0.3 is 5.97 Å². The van der Waals surface area contributed by atoms with Gasteiger partial charge in [0.15, 0.2) is 5.36 Å². The molecular weight excluding hydrogens is 656 g/mol. The number of nitrogens with one attached hydrogen (secondary N) is 3. The molecule has 1 aliphatic rings. The average molecular weight is 683 g/mol. The fraction of sp³-hybridized carbons (Fsp3) is 0.0606. The van der Waals surface area contributed by atoms with Gasteiger partial charge in [0, 0.05) is 0 Å². The Hall–Kier alpha value is -6.52. The number of phenols is 1. The van der Waals surface area contributed by atoms with Gasteiger partial charge in [0.2, 0.25) is 16.6 Å². The number of carboxylic acids is 1. The smallest absolute Gasteiger partial charge is 0.339 e. The molecule has 4 aromatic carbocycles. The van der Waals surface area contributed by atoms with Crippen molar-refractivity contribution in [2.45, 2.75) is 13.8 Å². The van der Waals surface area contributed by atoms with Crippen LogP contribution in [-0.4, -0.2) is 40.6 Å². The van der Waals surface area contributed by atoms with Crippen LogP contribution in [0.1, 0.15) is 21.5 Å². The van der Waals surface area contributed by atoms with Crippen LogP contribution in [0.5, 0.6) is 5.75 Å². The number of anilines is 3. The third kappa shape index (κ3) is 7.73. The maximum atomic E-state index is 13.0. The first-order valence-corrected chi connectivity index (χ1v) is 15.6. The lowest BCUT2D eigenvalue weighted by molar-refractivity contribution is -0.108. The van der Waals surface area contributed by atoms with E-state index in [9.17, 15) is 42.4 Å². The van der Waals surface area contributed by atoms with E-state index < -0.39 is 48.7 Å². The van der Waals surface area contributed by atoms with Crippen molar-refractivity contribution >= 4 is 44.6 Å². The molecule has 49 heavy (non-hydrogen) atoms. The minimum absolute atomic E-state index is 0.234. The Morgan fingerprint density at radius 1 is 0.796 bits per heavy atom. The molecule has 0 saturated carbocycles. The third-order valence-corrected chi connectivity index (χ3v) is 8.06. The van der Waals surface area contributed by atoms with Gasteiger partial charge in [-0.3, -0.25) is 24.4 Å². The molecule has 0 aliphatic heterocycles. The van der Waals surface area contributed by atoms with Gasteiger partial charge in [-0.1, -0.05) is 12.1 Å². The molecular formula is C33H26N6O9S. The molecule has 0 bridgehead atoms. The summed E-state index contributed by atoms with van der Waals surface area (Å²) in [4.78, 5) is 48.2. The van der Waals surface area contributed by atoms with Crippen LogP contribution in [0, 0.1) is 13.8 Å². The zero-order valence-electron chi connectivity index (χ0n) is 25.6. The van der Waals surface area contributed by atoms with Crippen LogP contribution in [0.25, 0.3) is 11.1 Å². The van der Waals surface area contributed by atoms with E-state index in [0.717, 1.165) is 58.3 Å². The zero-order valence-corrected chi connectivity index (χ0v) is 26.4. The molecule has 5 rings (SSSR count). The van der Waals surface area contributed by atoms with Crippen LogP contribution < -0.4 is 37.8 Å². The summed E-state index contributed by atoms with van der Waals surface area (Å²) in [5.41, 5.74) is 11.4. The topological polar surface area (TPSA) is 236 Å². The quantitative estimate of drug-likeness (QED) is 0.0647. The summed E-state index contributed by atoms with van der Waals surface area (Å²) in [6.45, 7) is 3.69. The van der Waals surface area contributed by atoms with Gasteiger partial charge in [-0.25, -0.2) is 4.79 Å². The number of allylic oxidation sites excluding steroid dienone is 3. The first-order chi connectivity index (χ1) is 23.2. The summed E-state index contributed by atoms with van der Waals surface area (Å²) in [5, 5.41) is 29.4. The molecule has 248 valence electrons. The van der Waals surface area contributed by atoms with Gasteiger partial charge in [-0.2, -0.15) is 13.5 Å². The molecule has 6 N–H and O–H groups in total. The van der Waals surface area contributed by atoms with Gasteiger partial charge in [0.1, 0.15) is 22.4 Å². The molecule has 0 fully saturated rings. The van der Waals surface area contributed by atoms with Gasteiger partial charge in [-0.15, -0.1) is 10.2 Å². The Kier molecular flexibility index (Phi) is 9.45. The summed E-state index contributed by atoms with van der Waals surface area (Å²) in [5.74, 6) is -2.30. The summed E-state index contributed by atoms with van der Waals surface area (Å²) in [6, 6.07) is 17.3. The highest BCUT2D eigenvalue weighted by atomic mass is 32.2. The zero-order chi connectivity index (χ0) is 35.5. The second-order valence-corrected chi connectivity index (χ2v) is 12.1. The molecule has 1 aliphatic carbocycles. The minimum atomic E-state index is -4.61. The number of carbonyl (C=O) groups is 2. The highest BCUT2D eigenvalue weighted by molar-refractivity contribution is 7.90. The van der Waals surface area contributed by atoms with Gasteiger partial charge in [0.05, 0.1) is 22.0 Å². The highest BCUT2D eigenvalue weighted by Gasteiger charge is 2.19. The monoisotopic (exact) mass is 682 g/mol. The number of hydrazine groups is 1. The van der Waals surface area contributed by atoms with Crippen molar-refractivity contribution in [2.24, 2.45) is 15.3 Å². The lowest BCUT2D eigenvalue weighted by Gasteiger charge is -2.14. The van der Waals surface area contributed by atoms with Crippen molar-refractivity contribution in [1.29, 1.82) is 0 Å². The number of aromatic hydroxyl groups is 1. The molecule has 0 amide bonds. The summed E-state index contributed by atoms with van der Waals surface area (Å²) >= 11 is 0. The molecule has 0 heterocycles. The predicted molar refractivity (Wildman–Crippen MR) is 181 cm³/mol. The second kappa shape index (κ2) is 13.7. The van der Waals surface area contributed by atoms with Crippen LogP contribution >= 0.6 is 0 Å². The standard InChI is InChI=1S/C33H26N6O9S/c1-17-13-19(3-7-24(17)35-34-21-5-10-28(40)23(15-21)33(44)45)20-4-8-25(18(2)14-20)36-39-31-30(42)12-9-26(32(31)43)37-38-27-16-22(49(46,47)48)6-11-29(27)41/h3-16,34-36,40H,1-2H3,(H,44,45)(H,46,47,48)/b37-26+,38-27?,39-31-. The number of benzene rings is 4. The van der Waals surface area contributed by atoms with E-state index >= 15 is 0 Å². The van der Waals surface area contributed by atoms with Gasteiger partial charge in [0.25, 0.3) is 10.1 Å². The lowest BCUT2D eigenvalue weighted by atomic mass is 10.00. The van der Waals surface area contributed by atoms with E-state index in [1.807, 2.05) is 37.3 Å². The molecule has 0 atom stereocenters. The fourth-order valence-corrected chi connectivity index (χ4v) is 5.06. The Morgan fingerprint density at radius 2 is 1.47 bits per heavy atom. The molecule has 0 unspecified atom stereocenters. The fourth-order valence-electron chi connectivity index (χ4n) is 4.56. The average Bonchev–Trinajstić information content (AvgIpc) is 3.05. The van der Waals surface area contributed by atoms with Crippen LogP contribution in [0.15, 0.2) is 115 Å². The van der Waals surface area contributed by atoms with Crippen molar-refractivity contribution in [3.8, 4) is 16.9 Å². The van der Waals surface area contributed by atoms with Crippen LogP contribution in [-0.2, 0) is 14.9 Å². The van der Waals surface area contributed by atoms with Crippen molar-refractivity contribution < 1.29 is 32.8 Å². The first-order valence-electron chi connectivity index (χ1n) is 14.2. The summed E-state index contributed by atoms with van der Waals surface area (Å²) in [7, 11) is -4.61. The number of ketones is 1. The molecule has 0 radical (unpaired) electrons. The highest BCUT2D eigenvalue weighted by Crippen LogP contribution is 2.29. The van der Waals surface area contributed by atoms with E-state index in [1.165, 1.54) is 18.2 Å². The van der Waals surface area contributed by atoms with Crippen LogP contribution in [0.3, 0.4) is 0 Å². The number of nitrogens with zero attached hydrogens (tertiary/aromatic N) is 3. The normalized spacial score (nSPS) is 14.6. The second-order valence-electron chi connectivity index (χ2n) is 10.6. The molecule has 0 saturated heterocycles. The number of aryl methyl sites for hydroxylation is 2. The molecule has 4 aromatic rings. The summed E-state index contributed by atoms with van der Waals surface area (Å²) in [6.07, 6.45) is 2.58. The van der Waals surface area contributed by atoms with Crippen molar-refractivity contribution in [3.63, 3.8) is 0 Å². The van der Waals surface area contributed by atoms with E-state index in [4.69, 9.17) is 0 Å². The van der Waals surface area contributed by atoms with Crippen LogP contribution in [0.2, 0.25) is 0 Å². The Labute approximate surface area is 277 Å². The number of aromatic carboxylic acids is 1. The predicted octanol–water partition coefficient (Wildman–Crippen LogP) is 2.50. The SMILES string of the molecule is Cc1cc(-c2ccc(NNc3ccc(O)c(C(=O)O)c3)c(C)c2)ccc1N/N=c1/c(=O)cc/c(=N\N=C2C=C(S(=O)(=O)O)C=CC2=O)c1=O. The number of hydrogen-bond donors (Lipinski definition) is 6. The Balaban J connectivity index is 1.34. The van der Waals surface area contributed by atoms with E-state index in [1.54, 1.807) is 13.0 Å². The van der Waals surface area contributed by atoms with Gasteiger partial charge < -0.3 is 21.1 Å². The largest absolute Gasteiger partial charge is 0.507 e. The van der Waals surface area contributed by atoms with E-state index in [2.05, 4.69) is 31.6 Å². The molecule has 15 nitrogen and oxygen atoms in total. The van der Waals surface area contributed by atoms with Crippen molar-refractivity contribution in [3.05, 3.63) is 138 Å². The number of hydrogen-bond acceptors (Lipinski definition) is 13. The van der Waals surface area contributed by atoms with E-state index in [-0.39, 0.29) is 16.7 Å². The number of carbonyl (C=O) groups excluding carboxylic acids is 1.